The van der Waals surface area contributed by atoms with Crippen molar-refractivity contribution < 1.29 is 13.2 Å². The monoisotopic (exact) mass is 283 g/mol. The lowest BCUT2D eigenvalue weighted by Gasteiger charge is -2.21. The predicted octanol–water partition coefficient (Wildman–Crippen LogP) is 2.07. The summed E-state index contributed by atoms with van der Waals surface area (Å²) in [5.41, 5.74) is 3.28. The first-order valence-electron chi connectivity index (χ1n) is 6.57. The average molecular weight is 283 g/mol. The predicted molar refractivity (Wildman–Crippen MR) is 75.6 cm³/mol. The first-order chi connectivity index (χ1) is 8.92. The fourth-order valence-corrected chi connectivity index (χ4v) is 4.15. The van der Waals surface area contributed by atoms with Crippen LogP contribution in [0.4, 0.5) is 0 Å². The van der Waals surface area contributed by atoms with Gasteiger partial charge in [0.05, 0.1) is 6.61 Å². The molecule has 1 fully saturated rings. The van der Waals surface area contributed by atoms with Gasteiger partial charge in [0, 0.05) is 12.6 Å². The van der Waals surface area contributed by atoms with Gasteiger partial charge in [-0.1, -0.05) is 18.2 Å². The van der Waals surface area contributed by atoms with Gasteiger partial charge < -0.3 is 4.74 Å². The minimum atomic E-state index is -3.32. The van der Waals surface area contributed by atoms with E-state index in [4.69, 9.17) is 4.74 Å². The molecule has 2 atom stereocenters. The Morgan fingerprint density at radius 2 is 1.95 bits per heavy atom. The van der Waals surface area contributed by atoms with Gasteiger partial charge in [-0.25, -0.2) is 13.1 Å². The zero-order valence-corrected chi connectivity index (χ0v) is 12.5. The SMILES string of the molecule is Cc1cccc(C)c1C(C)NS(=O)(=O)C1CCOC1. The lowest BCUT2D eigenvalue weighted by Crippen LogP contribution is -2.36. The molecule has 0 radical (unpaired) electrons. The largest absolute Gasteiger partial charge is 0.380 e. The van der Waals surface area contributed by atoms with Crippen LogP contribution in [0.1, 0.15) is 36.1 Å². The summed E-state index contributed by atoms with van der Waals surface area (Å²) in [7, 11) is -3.32. The van der Waals surface area contributed by atoms with Crippen LogP contribution in [0.3, 0.4) is 0 Å². The molecule has 1 heterocycles. The zero-order valence-electron chi connectivity index (χ0n) is 11.6. The third-order valence-electron chi connectivity index (χ3n) is 3.64. The summed E-state index contributed by atoms with van der Waals surface area (Å²) < 4.78 is 32.4. The first kappa shape index (κ1) is 14.5. The molecule has 1 saturated heterocycles. The Kier molecular flexibility index (Phi) is 4.28. The highest BCUT2D eigenvalue weighted by Gasteiger charge is 2.31. The molecule has 0 aliphatic carbocycles. The lowest BCUT2D eigenvalue weighted by atomic mass is 9.98. The van der Waals surface area contributed by atoms with Gasteiger partial charge in [-0.2, -0.15) is 0 Å². The van der Waals surface area contributed by atoms with Gasteiger partial charge in [-0.3, -0.25) is 0 Å². The van der Waals surface area contributed by atoms with Crippen molar-refractivity contribution in [2.45, 2.75) is 38.5 Å². The van der Waals surface area contributed by atoms with Crippen molar-refractivity contribution in [3.63, 3.8) is 0 Å². The van der Waals surface area contributed by atoms with E-state index >= 15 is 0 Å². The molecule has 106 valence electrons. The second kappa shape index (κ2) is 5.61. The molecule has 1 aromatic carbocycles. The van der Waals surface area contributed by atoms with Crippen LogP contribution < -0.4 is 4.72 Å². The van der Waals surface area contributed by atoms with Crippen LogP contribution >= 0.6 is 0 Å². The number of rotatable bonds is 4. The Bertz CT molecular complexity index is 528. The molecule has 1 N–H and O–H groups in total. The number of aryl methyl sites for hydroxylation is 2. The molecule has 1 aliphatic rings. The number of nitrogens with one attached hydrogen (secondary N) is 1. The second-order valence-corrected chi connectivity index (χ2v) is 7.17. The summed E-state index contributed by atoms with van der Waals surface area (Å²) in [5, 5.41) is -0.417. The lowest BCUT2D eigenvalue weighted by molar-refractivity contribution is 0.198. The normalized spacial score (nSPS) is 21.5. The molecule has 0 bridgehead atoms. The maximum atomic E-state index is 12.2. The molecule has 2 unspecified atom stereocenters. The van der Waals surface area contributed by atoms with Gasteiger partial charge in [0.2, 0.25) is 10.0 Å². The fraction of sp³-hybridized carbons (Fsp3) is 0.571. The highest BCUT2D eigenvalue weighted by Crippen LogP contribution is 2.23. The van der Waals surface area contributed by atoms with E-state index in [-0.39, 0.29) is 6.04 Å². The maximum absolute atomic E-state index is 12.2. The molecular formula is C14H21NO3S. The Labute approximate surface area is 115 Å². The highest BCUT2D eigenvalue weighted by molar-refractivity contribution is 7.90. The first-order valence-corrected chi connectivity index (χ1v) is 8.11. The third-order valence-corrected chi connectivity index (χ3v) is 5.57. The van der Waals surface area contributed by atoms with Crippen LogP contribution in [0.2, 0.25) is 0 Å². The minimum Gasteiger partial charge on any atom is -0.380 e. The summed E-state index contributed by atoms with van der Waals surface area (Å²) in [6.07, 6.45) is 0.578. The number of ether oxygens (including phenoxy) is 1. The van der Waals surface area contributed by atoms with Crippen molar-refractivity contribution in [3.05, 3.63) is 34.9 Å². The highest BCUT2D eigenvalue weighted by atomic mass is 32.2. The zero-order chi connectivity index (χ0) is 14.0. The number of benzene rings is 1. The molecule has 2 rings (SSSR count). The molecule has 4 nitrogen and oxygen atoms in total. The van der Waals surface area contributed by atoms with Crippen molar-refractivity contribution in [2.24, 2.45) is 0 Å². The van der Waals surface area contributed by atoms with Crippen molar-refractivity contribution in [3.8, 4) is 0 Å². The molecule has 0 amide bonds. The number of hydrogen-bond donors (Lipinski definition) is 1. The van der Waals surface area contributed by atoms with Crippen molar-refractivity contribution in [1.29, 1.82) is 0 Å². The van der Waals surface area contributed by atoms with E-state index in [0.29, 0.717) is 19.6 Å². The molecule has 0 aromatic heterocycles. The Morgan fingerprint density at radius 3 is 2.47 bits per heavy atom. The van der Waals surface area contributed by atoms with E-state index in [1.165, 1.54) is 0 Å². The van der Waals surface area contributed by atoms with Gasteiger partial charge >= 0.3 is 0 Å². The summed E-state index contributed by atoms with van der Waals surface area (Å²) >= 11 is 0. The maximum Gasteiger partial charge on any atom is 0.217 e. The van der Waals surface area contributed by atoms with Crippen molar-refractivity contribution >= 4 is 10.0 Å². The van der Waals surface area contributed by atoms with Crippen LogP contribution in [-0.2, 0) is 14.8 Å². The Morgan fingerprint density at radius 1 is 1.32 bits per heavy atom. The van der Waals surface area contributed by atoms with Gasteiger partial charge in [-0.15, -0.1) is 0 Å². The van der Waals surface area contributed by atoms with E-state index in [2.05, 4.69) is 4.72 Å². The molecule has 1 aliphatic heterocycles. The molecule has 0 saturated carbocycles. The molecule has 19 heavy (non-hydrogen) atoms. The Balaban J connectivity index is 2.19. The molecule has 1 aromatic rings. The van der Waals surface area contributed by atoms with Gasteiger partial charge in [0.1, 0.15) is 5.25 Å². The molecule has 0 spiro atoms. The van der Waals surface area contributed by atoms with E-state index < -0.39 is 15.3 Å². The molecule has 5 heteroatoms. The second-order valence-electron chi connectivity index (χ2n) is 5.18. The number of sulfonamides is 1. The minimum absolute atomic E-state index is 0.216. The topological polar surface area (TPSA) is 55.4 Å². The van der Waals surface area contributed by atoms with Gasteiger partial charge in [-0.05, 0) is 43.9 Å². The summed E-state index contributed by atoms with van der Waals surface area (Å²) in [6.45, 7) is 6.73. The van der Waals surface area contributed by atoms with E-state index in [1.807, 2.05) is 39.0 Å². The summed E-state index contributed by atoms with van der Waals surface area (Å²) in [4.78, 5) is 0. The Hall–Kier alpha value is -0.910. The quantitative estimate of drug-likeness (QED) is 0.920. The van der Waals surface area contributed by atoms with Crippen molar-refractivity contribution in [1.82, 2.24) is 4.72 Å². The van der Waals surface area contributed by atoms with Crippen LogP contribution in [0.25, 0.3) is 0 Å². The van der Waals surface area contributed by atoms with Crippen LogP contribution in [-0.4, -0.2) is 26.9 Å². The van der Waals surface area contributed by atoms with Gasteiger partial charge in [0.15, 0.2) is 0 Å². The van der Waals surface area contributed by atoms with E-state index in [0.717, 1.165) is 16.7 Å². The van der Waals surface area contributed by atoms with Crippen LogP contribution in [0, 0.1) is 13.8 Å². The summed E-state index contributed by atoms with van der Waals surface area (Å²) in [6, 6.07) is 5.78. The van der Waals surface area contributed by atoms with Crippen LogP contribution in [0.15, 0.2) is 18.2 Å². The molecular weight excluding hydrogens is 262 g/mol. The van der Waals surface area contributed by atoms with E-state index in [9.17, 15) is 8.42 Å². The smallest absolute Gasteiger partial charge is 0.217 e. The fourth-order valence-electron chi connectivity index (χ4n) is 2.67. The standard InChI is InChI=1S/C14H21NO3S/c1-10-5-4-6-11(2)14(10)12(3)15-19(16,17)13-7-8-18-9-13/h4-6,12-13,15H,7-9H2,1-3H3. The number of hydrogen-bond acceptors (Lipinski definition) is 3. The summed E-state index contributed by atoms with van der Waals surface area (Å²) in [5.74, 6) is 0. The van der Waals surface area contributed by atoms with Gasteiger partial charge in [0.25, 0.3) is 0 Å². The van der Waals surface area contributed by atoms with Crippen LogP contribution in [0.5, 0.6) is 0 Å². The average Bonchev–Trinajstić information content (AvgIpc) is 2.81. The van der Waals surface area contributed by atoms with E-state index in [1.54, 1.807) is 0 Å². The van der Waals surface area contributed by atoms with Crippen molar-refractivity contribution in [2.75, 3.05) is 13.2 Å². The third kappa shape index (κ3) is 3.16.